The Bertz CT molecular complexity index is 444. The lowest BCUT2D eigenvalue weighted by molar-refractivity contribution is -0.758. The molecule has 1 saturated heterocycles. The molecule has 76 valence electrons. The fraction of sp³-hybridized carbons (Fsp3) is 0.273. The van der Waals surface area contributed by atoms with Gasteiger partial charge in [0.25, 0.3) is 4.92 Å². The van der Waals surface area contributed by atoms with Crippen LogP contribution < -0.4 is 0 Å². The molecule has 1 unspecified atom stereocenters. The predicted octanol–water partition coefficient (Wildman–Crippen LogP) is 2.27. The van der Waals surface area contributed by atoms with E-state index in [2.05, 4.69) is 0 Å². The van der Waals surface area contributed by atoms with Crippen LogP contribution in [0.2, 0.25) is 0 Å². The molecule has 0 radical (unpaired) electrons. The summed E-state index contributed by atoms with van der Waals surface area (Å²) in [5.41, 5.74) is 2.20. The van der Waals surface area contributed by atoms with E-state index in [1.54, 1.807) is 0 Å². The van der Waals surface area contributed by atoms with E-state index in [0.717, 1.165) is 11.1 Å². The van der Waals surface area contributed by atoms with E-state index in [-0.39, 0.29) is 11.8 Å². The van der Waals surface area contributed by atoms with Gasteiger partial charge < -0.3 is 5.41 Å². The highest BCUT2D eigenvalue weighted by molar-refractivity contribution is 5.58. The third kappa shape index (κ3) is 1.80. The summed E-state index contributed by atoms with van der Waals surface area (Å²) < 4.78 is 0. The van der Waals surface area contributed by atoms with E-state index in [0.29, 0.717) is 11.3 Å². The van der Waals surface area contributed by atoms with Crippen LogP contribution in [-0.2, 0) is 4.84 Å². The Labute approximate surface area is 87.2 Å². The molecule has 1 aliphatic heterocycles. The first-order chi connectivity index (χ1) is 7.20. The van der Waals surface area contributed by atoms with Crippen molar-refractivity contribution in [2.45, 2.75) is 19.4 Å². The maximum atomic E-state index is 11.1. The first-order valence-electron chi connectivity index (χ1n) is 4.67. The first kappa shape index (κ1) is 9.62. The minimum absolute atomic E-state index is 0.126. The molecule has 1 aromatic rings. The Morgan fingerprint density at radius 2 is 2.13 bits per heavy atom. The number of hydrogen-bond donors (Lipinski definition) is 0. The molecule has 1 fully saturated rings. The van der Waals surface area contributed by atoms with Crippen molar-refractivity contribution in [3.63, 3.8) is 0 Å². The molecule has 1 heterocycles. The Hall–Kier alpha value is -1.93. The topological polar surface area (TPSA) is 51.6 Å². The average molecular weight is 202 g/mol. The van der Waals surface area contributed by atoms with Crippen LogP contribution in [-0.4, -0.2) is 10.8 Å². The minimum Gasteiger partial charge on any atom is -0.758 e. The molecule has 15 heavy (non-hydrogen) atoms. The number of rotatable bonds is 1. The molecule has 1 aromatic carbocycles. The molecule has 0 bridgehead atoms. The van der Waals surface area contributed by atoms with Crippen molar-refractivity contribution in [2.75, 3.05) is 0 Å². The van der Waals surface area contributed by atoms with Crippen LogP contribution in [0.5, 0.6) is 0 Å². The second kappa shape index (κ2) is 3.67. The molecule has 1 aliphatic rings. The van der Waals surface area contributed by atoms with Crippen LogP contribution in [0, 0.1) is 11.8 Å². The van der Waals surface area contributed by atoms with Gasteiger partial charge in [-0.3, -0.25) is 0 Å². The van der Waals surface area contributed by atoms with E-state index in [4.69, 9.17) is 10.2 Å². The van der Waals surface area contributed by atoms with Crippen LogP contribution in [0.4, 0.5) is 0 Å². The maximum absolute atomic E-state index is 11.1. The zero-order valence-corrected chi connectivity index (χ0v) is 8.30. The van der Waals surface area contributed by atoms with Gasteiger partial charge in [0, 0.05) is 5.56 Å². The summed E-state index contributed by atoms with van der Waals surface area (Å²) >= 11 is 0. The summed E-state index contributed by atoms with van der Waals surface area (Å²) in [5, 5.41) is 8.64. The van der Waals surface area contributed by atoms with Crippen LogP contribution in [0.25, 0.3) is 5.41 Å². The molecule has 0 N–H and O–H groups in total. The molecular formula is C11H10N2O2. The number of hydrogen-bond acceptors (Lipinski definition) is 2. The summed E-state index contributed by atoms with van der Waals surface area (Å²) in [4.78, 5) is 16.4. The van der Waals surface area contributed by atoms with Gasteiger partial charge in [-0.15, -0.1) is 0 Å². The van der Waals surface area contributed by atoms with Gasteiger partial charge in [0.15, 0.2) is 0 Å². The summed E-state index contributed by atoms with van der Waals surface area (Å²) in [6.45, 7) is 1.99. The summed E-state index contributed by atoms with van der Waals surface area (Å²) in [5.74, 6) is 1.83. The summed E-state index contributed by atoms with van der Waals surface area (Å²) in [6, 6.07) is 7.73. The monoisotopic (exact) mass is 202 g/mol. The van der Waals surface area contributed by atoms with Gasteiger partial charge in [-0.2, -0.15) is 5.87 Å². The van der Waals surface area contributed by atoms with E-state index in [9.17, 15) is 4.91 Å². The summed E-state index contributed by atoms with van der Waals surface area (Å²) in [7, 11) is 0. The van der Waals surface area contributed by atoms with Crippen molar-refractivity contribution in [2.24, 2.45) is 0 Å². The number of aryl methyl sites for hydroxylation is 1. The number of benzene rings is 1. The van der Waals surface area contributed by atoms with Crippen LogP contribution in [0.1, 0.15) is 23.7 Å². The van der Waals surface area contributed by atoms with Crippen LogP contribution in [0.15, 0.2) is 30.0 Å². The lowest BCUT2D eigenvalue weighted by atomic mass is 10.0. The highest BCUT2D eigenvalue weighted by Crippen LogP contribution is 2.31. The first-order valence-corrected chi connectivity index (χ1v) is 4.67. The van der Waals surface area contributed by atoms with Gasteiger partial charge in [-0.05, 0) is 6.92 Å². The molecule has 0 aromatic heterocycles. The lowest BCUT2D eigenvalue weighted by Crippen LogP contribution is -1.99. The fourth-order valence-corrected chi connectivity index (χ4v) is 1.51. The van der Waals surface area contributed by atoms with Gasteiger partial charge in [0.2, 0.25) is 6.10 Å². The molecule has 4 heteroatoms. The predicted molar refractivity (Wildman–Crippen MR) is 55.1 cm³/mol. The zero-order chi connectivity index (χ0) is 10.8. The summed E-state index contributed by atoms with van der Waals surface area (Å²) in [6.07, 6.45) is 0.0287. The highest BCUT2D eigenvalue weighted by atomic mass is 16.8. The van der Waals surface area contributed by atoms with Crippen molar-refractivity contribution >= 4 is 5.87 Å². The SMILES string of the molecule is Cc1ccc(C2CC(=C=[N-])[N+](=O)O2)cc1. The van der Waals surface area contributed by atoms with E-state index in [1.807, 2.05) is 37.1 Å². The maximum Gasteiger partial charge on any atom is 0.317 e. The Balaban J connectivity index is 2.24. The van der Waals surface area contributed by atoms with E-state index >= 15 is 0 Å². The molecule has 0 saturated carbocycles. The molecule has 2 rings (SSSR count). The third-order valence-corrected chi connectivity index (χ3v) is 2.40. The molecular weight excluding hydrogens is 192 g/mol. The van der Waals surface area contributed by atoms with Crippen molar-refractivity contribution in [3.8, 4) is 0 Å². The average Bonchev–Trinajstić information content (AvgIpc) is 2.61. The smallest absolute Gasteiger partial charge is 0.317 e. The standard InChI is InChI=1S/C11H10N2O2/c1-8-2-4-9(5-3-8)11-6-10(7-12)13(14)15-11/h2-5,11H,6H2,1H3. The molecule has 4 nitrogen and oxygen atoms in total. The van der Waals surface area contributed by atoms with Crippen molar-refractivity contribution in [1.29, 1.82) is 0 Å². The van der Waals surface area contributed by atoms with E-state index in [1.165, 1.54) is 0 Å². The third-order valence-electron chi connectivity index (χ3n) is 2.40. The van der Waals surface area contributed by atoms with E-state index < -0.39 is 0 Å². The molecule has 0 amide bonds. The normalized spacial score (nSPS) is 19.9. The molecule has 0 spiro atoms. The van der Waals surface area contributed by atoms with Crippen molar-refractivity contribution < 1.29 is 9.76 Å². The van der Waals surface area contributed by atoms with Crippen LogP contribution in [0.3, 0.4) is 0 Å². The largest absolute Gasteiger partial charge is 0.758 e. The van der Waals surface area contributed by atoms with Crippen molar-refractivity contribution in [1.82, 2.24) is 0 Å². The van der Waals surface area contributed by atoms with Crippen molar-refractivity contribution in [3.05, 3.63) is 51.4 Å². The lowest BCUT2D eigenvalue weighted by Gasteiger charge is -2.02. The molecule has 0 aliphatic carbocycles. The van der Waals surface area contributed by atoms with Gasteiger partial charge in [-0.1, -0.05) is 29.8 Å². The zero-order valence-electron chi connectivity index (χ0n) is 8.30. The second-order valence-electron chi connectivity index (χ2n) is 3.52. The fourth-order valence-electron chi connectivity index (χ4n) is 1.51. The van der Waals surface area contributed by atoms with Gasteiger partial charge >= 0.3 is 5.70 Å². The van der Waals surface area contributed by atoms with Gasteiger partial charge in [0.05, 0.1) is 11.3 Å². The Kier molecular flexibility index (Phi) is 2.35. The van der Waals surface area contributed by atoms with Gasteiger partial charge in [-0.25, -0.2) is 4.84 Å². The number of nitrogens with zero attached hydrogens (tertiary/aromatic N) is 2. The molecule has 1 atom stereocenters. The second-order valence-corrected chi connectivity index (χ2v) is 3.52. The highest BCUT2D eigenvalue weighted by Gasteiger charge is 2.38. The minimum atomic E-state index is -0.322. The van der Waals surface area contributed by atoms with Gasteiger partial charge in [0.1, 0.15) is 0 Å². The quantitative estimate of drug-likeness (QED) is 0.656. The Morgan fingerprint density at radius 1 is 1.47 bits per heavy atom. The Morgan fingerprint density at radius 3 is 2.67 bits per heavy atom. The van der Waals surface area contributed by atoms with Crippen LogP contribution >= 0.6 is 0 Å².